The number of benzene rings is 1. The van der Waals surface area contributed by atoms with Crippen molar-refractivity contribution in [2.24, 2.45) is 0 Å². The van der Waals surface area contributed by atoms with E-state index in [0.29, 0.717) is 27.3 Å². The quantitative estimate of drug-likeness (QED) is 0.738. The number of halogens is 2. The number of nitrogen functional groups attached to an aromatic ring is 1. The molecule has 0 saturated carbocycles. The molecule has 0 radical (unpaired) electrons. The summed E-state index contributed by atoms with van der Waals surface area (Å²) >= 11 is 13.1. The predicted molar refractivity (Wildman–Crippen MR) is 95.2 cm³/mol. The molecule has 0 aliphatic carbocycles. The summed E-state index contributed by atoms with van der Waals surface area (Å²) in [5.74, 6) is -0.0224. The van der Waals surface area contributed by atoms with Crippen LogP contribution in [0.3, 0.4) is 0 Å². The molecule has 0 fully saturated rings. The first-order valence-corrected chi connectivity index (χ1v) is 8.68. The maximum absolute atomic E-state index is 12.6. The number of nitriles is 1. The van der Waals surface area contributed by atoms with Crippen molar-refractivity contribution in [3.05, 3.63) is 28.2 Å². The number of hydrogen-bond donors (Lipinski definition) is 2. The van der Waals surface area contributed by atoms with E-state index in [1.165, 1.54) is 16.3 Å². The Bertz CT molecular complexity index is 788. The fourth-order valence-corrected chi connectivity index (χ4v) is 3.18. The lowest BCUT2D eigenvalue weighted by molar-refractivity contribution is -0.119. The number of hydrogen-bond acceptors (Lipinski definition) is 6. The summed E-state index contributed by atoms with van der Waals surface area (Å²) in [5.41, 5.74) is 6.29. The van der Waals surface area contributed by atoms with Crippen molar-refractivity contribution in [1.82, 2.24) is 14.8 Å². The third-order valence-electron chi connectivity index (χ3n) is 3.15. The van der Waals surface area contributed by atoms with Crippen molar-refractivity contribution in [1.29, 1.82) is 5.26 Å². The molecule has 1 aromatic carbocycles. The standard InChI is InChI=1S/C14H14Cl2N6OS/c1-2-11(22-13(18)20-21-14(22)24-6-5-17)12(23)19-10-4-3-8(15)7-9(10)16/h3-4,7,11H,2,6H2,1H3,(H2,18,20)(H,19,23). The number of carbonyl (C=O) groups excluding carboxylic acids is 1. The van der Waals surface area contributed by atoms with Crippen molar-refractivity contribution < 1.29 is 4.79 Å². The molecule has 2 aromatic rings. The van der Waals surface area contributed by atoms with Crippen molar-refractivity contribution in [3.8, 4) is 6.07 Å². The highest BCUT2D eigenvalue weighted by molar-refractivity contribution is 7.99. The first-order valence-electron chi connectivity index (χ1n) is 6.94. The Morgan fingerprint density at radius 1 is 1.50 bits per heavy atom. The molecule has 1 amide bonds. The zero-order valence-electron chi connectivity index (χ0n) is 12.7. The minimum atomic E-state index is -0.632. The van der Waals surface area contributed by atoms with Gasteiger partial charge < -0.3 is 11.1 Å². The Morgan fingerprint density at radius 3 is 2.88 bits per heavy atom. The SMILES string of the molecule is CCC(C(=O)Nc1ccc(Cl)cc1Cl)n1c(N)nnc1SCC#N. The second-order valence-corrected chi connectivity index (χ2v) is 6.48. The van der Waals surface area contributed by atoms with Crippen LogP contribution in [0, 0.1) is 11.3 Å². The average Bonchev–Trinajstić information content (AvgIpc) is 2.90. The molecular weight excluding hydrogens is 371 g/mol. The van der Waals surface area contributed by atoms with Crippen molar-refractivity contribution in [2.45, 2.75) is 24.5 Å². The topological polar surface area (TPSA) is 110 Å². The third-order valence-corrected chi connectivity index (χ3v) is 4.50. The monoisotopic (exact) mass is 384 g/mol. The van der Waals surface area contributed by atoms with E-state index in [2.05, 4.69) is 15.5 Å². The molecule has 1 heterocycles. The number of nitrogens with one attached hydrogen (secondary N) is 1. The highest BCUT2D eigenvalue weighted by Gasteiger charge is 2.25. The number of amides is 1. The van der Waals surface area contributed by atoms with Crippen LogP contribution < -0.4 is 11.1 Å². The lowest BCUT2D eigenvalue weighted by Crippen LogP contribution is -2.27. The fraction of sp³-hybridized carbons (Fsp3) is 0.286. The zero-order chi connectivity index (χ0) is 17.7. The largest absolute Gasteiger partial charge is 0.368 e. The van der Waals surface area contributed by atoms with Crippen LogP contribution in [0.5, 0.6) is 0 Å². The van der Waals surface area contributed by atoms with Crippen LogP contribution in [-0.2, 0) is 4.79 Å². The van der Waals surface area contributed by atoms with E-state index in [0.717, 1.165) is 0 Å². The van der Waals surface area contributed by atoms with Crippen LogP contribution in [0.25, 0.3) is 0 Å². The lowest BCUT2D eigenvalue weighted by Gasteiger charge is -2.19. The molecule has 1 atom stereocenters. The fourth-order valence-electron chi connectivity index (χ4n) is 2.07. The number of aromatic nitrogens is 3. The highest BCUT2D eigenvalue weighted by Crippen LogP contribution is 2.29. The van der Waals surface area contributed by atoms with E-state index in [9.17, 15) is 4.79 Å². The van der Waals surface area contributed by atoms with E-state index < -0.39 is 6.04 Å². The molecule has 1 unspecified atom stereocenters. The summed E-state index contributed by atoms with van der Waals surface area (Å²) in [6, 6.07) is 6.16. The van der Waals surface area contributed by atoms with E-state index in [1.807, 2.05) is 13.0 Å². The zero-order valence-corrected chi connectivity index (χ0v) is 15.0. The molecule has 10 heteroatoms. The molecule has 126 valence electrons. The van der Waals surface area contributed by atoms with Gasteiger partial charge in [-0.05, 0) is 24.6 Å². The molecular formula is C14H14Cl2N6OS. The second kappa shape index (κ2) is 8.24. The first-order chi connectivity index (χ1) is 11.5. The summed E-state index contributed by atoms with van der Waals surface area (Å²) in [6.07, 6.45) is 0.458. The van der Waals surface area contributed by atoms with Gasteiger partial charge in [0.2, 0.25) is 11.9 Å². The summed E-state index contributed by atoms with van der Waals surface area (Å²) in [6.45, 7) is 1.84. The van der Waals surface area contributed by atoms with Gasteiger partial charge in [-0.1, -0.05) is 41.9 Å². The van der Waals surface area contributed by atoms with Crippen LogP contribution in [0.2, 0.25) is 10.0 Å². The second-order valence-electron chi connectivity index (χ2n) is 4.70. The molecule has 1 aromatic heterocycles. The Hall–Kier alpha value is -1.95. The van der Waals surface area contributed by atoms with Gasteiger partial charge in [0, 0.05) is 5.02 Å². The van der Waals surface area contributed by atoms with Gasteiger partial charge in [0.1, 0.15) is 6.04 Å². The summed E-state index contributed by atoms with van der Waals surface area (Å²) in [7, 11) is 0. The van der Waals surface area contributed by atoms with Gasteiger partial charge in [-0.15, -0.1) is 10.2 Å². The normalized spacial score (nSPS) is 11.8. The Labute approximate surface area is 153 Å². The Kier molecular flexibility index (Phi) is 6.31. The summed E-state index contributed by atoms with van der Waals surface area (Å²) < 4.78 is 1.52. The summed E-state index contributed by atoms with van der Waals surface area (Å²) in [5, 5.41) is 20.4. The van der Waals surface area contributed by atoms with Gasteiger partial charge >= 0.3 is 0 Å². The third kappa shape index (κ3) is 4.12. The van der Waals surface area contributed by atoms with E-state index in [1.54, 1.807) is 18.2 Å². The number of anilines is 2. The highest BCUT2D eigenvalue weighted by atomic mass is 35.5. The molecule has 0 aliphatic heterocycles. The van der Waals surface area contributed by atoms with Gasteiger partial charge in [-0.3, -0.25) is 9.36 Å². The Morgan fingerprint density at radius 2 is 2.25 bits per heavy atom. The van der Waals surface area contributed by atoms with Crippen LogP contribution in [0.4, 0.5) is 11.6 Å². The minimum Gasteiger partial charge on any atom is -0.368 e. The molecule has 0 saturated heterocycles. The number of carbonyl (C=O) groups is 1. The molecule has 2 rings (SSSR count). The van der Waals surface area contributed by atoms with E-state index >= 15 is 0 Å². The molecule has 0 bridgehead atoms. The average molecular weight is 385 g/mol. The minimum absolute atomic E-state index is 0.111. The van der Waals surface area contributed by atoms with Gasteiger partial charge in [0.05, 0.1) is 22.5 Å². The summed E-state index contributed by atoms with van der Waals surface area (Å²) in [4.78, 5) is 12.6. The van der Waals surface area contributed by atoms with E-state index in [4.69, 9.17) is 34.2 Å². The lowest BCUT2D eigenvalue weighted by atomic mass is 10.2. The molecule has 24 heavy (non-hydrogen) atoms. The van der Waals surface area contributed by atoms with Gasteiger partial charge in [0.15, 0.2) is 5.16 Å². The van der Waals surface area contributed by atoms with Gasteiger partial charge in [-0.2, -0.15) is 5.26 Å². The van der Waals surface area contributed by atoms with Crippen LogP contribution in [0.1, 0.15) is 19.4 Å². The molecule has 7 nitrogen and oxygen atoms in total. The van der Waals surface area contributed by atoms with Gasteiger partial charge in [0.25, 0.3) is 0 Å². The first kappa shape index (κ1) is 18.4. The smallest absolute Gasteiger partial charge is 0.247 e. The molecule has 0 aliphatic rings. The van der Waals surface area contributed by atoms with Crippen LogP contribution in [-0.4, -0.2) is 26.4 Å². The Balaban J connectivity index is 2.26. The number of nitrogens with zero attached hydrogens (tertiary/aromatic N) is 4. The predicted octanol–water partition coefficient (Wildman–Crippen LogP) is 3.37. The van der Waals surface area contributed by atoms with Gasteiger partial charge in [-0.25, -0.2) is 0 Å². The van der Waals surface area contributed by atoms with Crippen molar-refractivity contribution >= 4 is 52.5 Å². The van der Waals surface area contributed by atoms with Crippen LogP contribution >= 0.6 is 35.0 Å². The number of nitrogens with two attached hydrogens (primary N) is 1. The maximum Gasteiger partial charge on any atom is 0.247 e. The number of thioether (sulfide) groups is 1. The molecule has 3 N–H and O–H groups in total. The maximum atomic E-state index is 12.6. The number of rotatable bonds is 6. The van der Waals surface area contributed by atoms with Crippen molar-refractivity contribution in [3.63, 3.8) is 0 Å². The van der Waals surface area contributed by atoms with Crippen LogP contribution in [0.15, 0.2) is 23.4 Å². The molecule has 0 spiro atoms. The van der Waals surface area contributed by atoms with E-state index in [-0.39, 0.29) is 17.6 Å². The van der Waals surface area contributed by atoms with Crippen molar-refractivity contribution in [2.75, 3.05) is 16.8 Å².